The highest BCUT2D eigenvalue weighted by atomic mass is 14.9. The highest BCUT2D eigenvalue weighted by Gasteiger charge is 2.15. The summed E-state index contributed by atoms with van der Waals surface area (Å²) in [6, 6.07) is 7.89. The van der Waals surface area contributed by atoms with E-state index in [9.17, 15) is 0 Å². The van der Waals surface area contributed by atoms with Gasteiger partial charge in [0.05, 0.1) is 0 Å². The molecule has 2 aliphatic rings. The molecule has 0 aromatic heterocycles. The maximum absolute atomic E-state index is 3.64. The molecular weight excluding hydrogens is 220 g/mol. The van der Waals surface area contributed by atoms with Gasteiger partial charge in [-0.15, -0.1) is 0 Å². The first-order valence-electron chi connectivity index (χ1n) is 7.46. The first-order chi connectivity index (χ1) is 8.92. The third-order valence-electron chi connectivity index (χ3n) is 4.34. The van der Waals surface area contributed by atoms with Crippen LogP contribution in [0.2, 0.25) is 0 Å². The molecule has 1 aliphatic heterocycles. The number of benzene rings is 1. The molecule has 0 spiro atoms. The van der Waals surface area contributed by atoms with E-state index < -0.39 is 0 Å². The normalized spacial score (nSPS) is 19.3. The molecule has 1 heterocycles. The minimum Gasteiger partial charge on any atom is -0.314 e. The number of aryl methyl sites for hydroxylation is 1. The monoisotopic (exact) mass is 244 g/mol. The van der Waals surface area contributed by atoms with Crippen molar-refractivity contribution < 1.29 is 0 Å². The Morgan fingerprint density at radius 2 is 2.17 bits per heavy atom. The highest BCUT2D eigenvalue weighted by molar-refractivity contribution is 5.33. The third-order valence-corrected chi connectivity index (χ3v) is 4.34. The molecule has 0 saturated heterocycles. The van der Waals surface area contributed by atoms with Crippen LogP contribution in [-0.2, 0) is 19.4 Å². The van der Waals surface area contributed by atoms with Gasteiger partial charge in [0.2, 0.25) is 0 Å². The highest BCUT2D eigenvalue weighted by Crippen LogP contribution is 2.19. The number of fused-ring (bicyclic) bond motifs is 1. The summed E-state index contributed by atoms with van der Waals surface area (Å²) >= 11 is 0. The van der Waals surface area contributed by atoms with Gasteiger partial charge in [-0.2, -0.15) is 0 Å². The van der Waals surface area contributed by atoms with Gasteiger partial charge >= 0.3 is 0 Å². The van der Waals surface area contributed by atoms with Crippen LogP contribution in [0, 0.1) is 0 Å². The maximum atomic E-state index is 3.64. The summed E-state index contributed by atoms with van der Waals surface area (Å²) in [7, 11) is 0. The Morgan fingerprint density at radius 3 is 3.00 bits per heavy atom. The minimum absolute atomic E-state index is 0.833. The number of nitrogens with one attached hydrogen (secondary N) is 2. The van der Waals surface area contributed by atoms with Gasteiger partial charge in [-0.3, -0.25) is 0 Å². The van der Waals surface area contributed by atoms with Gasteiger partial charge in [-0.05, 0) is 61.9 Å². The van der Waals surface area contributed by atoms with Crippen LogP contribution < -0.4 is 10.6 Å². The fraction of sp³-hybridized carbons (Fsp3) is 0.625. The molecule has 0 atom stereocenters. The summed E-state index contributed by atoms with van der Waals surface area (Å²) in [5, 5.41) is 7.07. The van der Waals surface area contributed by atoms with Crippen LogP contribution in [0.25, 0.3) is 0 Å². The average molecular weight is 244 g/mol. The lowest BCUT2D eigenvalue weighted by molar-refractivity contribution is 0.339. The molecule has 0 bridgehead atoms. The lowest BCUT2D eigenvalue weighted by atomic mass is 9.93. The van der Waals surface area contributed by atoms with Crippen molar-refractivity contribution in [3.05, 3.63) is 34.9 Å². The van der Waals surface area contributed by atoms with Gasteiger partial charge in [0.25, 0.3) is 0 Å². The molecule has 2 N–H and O–H groups in total. The van der Waals surface area contributed by atoms with E-state index in [2.05, 4.69) is 28.8 Å². The van der Waals surface area contributed by atoms with Crippen molar-refractivity contribution in [2.24, 2.45) is 0 Å². The molecule has 0 unspecified atom stereocenters. The number of rotatable bonds is 5. The fourth-order valence-corrected chi connectivity index (χ4v) is 2.90. The van der Waals surface area contributed by atoms with Crippen LogP contribution in [0.1, 0.15) is 42.4 Å². The lowest BCUT2D eigenvalue weighted by Gasteiger charge is -2.26. The molecule has 1 aliphatic carbocycles. The summed E-state index contributed by atoms with van der Waals surface area (Å²) in [6.07, 6.45) is 7.91. The van der Waals surface area contributed by atoms with E-state index in [0.29, 0.717) is 0 Å². The van der Waals surface area contributed by atoms with Crippen LogP contribution in [-0.4, -0.2) is 19.1 Å². The lowest BCUT2D eigenvalue weighted by Crippen LogP contribution is -2.35. The van der Waals surface area contributed by atoms with E-state index >= 15 is 0 Å². The number of hydrogen-bond acceptors (Lipinski definition) is 2. The van der Waals surface area contributed by atoms with Crippen molar-refractivity contribution in [2.75, 3.05) is 13.1 Å². The van der Waals surface area contributed by atoms with Crippen LogP contribution >= 0.6 is 0 Å². The zero-order valence-electron chi connectivity index (χ0n) is 11.2. The molecule has 98 valence electrons. The zero-order chi connectivity index (χ0) is 12.2. The smallest absolute Gasteiger partial charge is 0.0208 e. The standard InChI is InChI=1S/C16H24N2/c1-4-16(5-1)18-9-2-3-13-6-7-15-12-17-10-8-14(15)11-13/h6-7,11,16-18H,1-5,8-10,12H2. The first-order valence-corrected chi connectivity index (χ1v) is 7.46. The van der Waals surface area contributed by atoms with E-state index in [-0.39, 0.29) is 0 Å². The topological polar surface area (TPSA) is 24.1 Å². The van der Waals surface area contributed by atoms with E-state index in [4.69, 9.17) is 0 Å². The Balaban J connectivity index is 1.46. The van der Waals surface area contributed by atoms with E-state index in [1.807, 2.05) is 0 Å². The molecule has 2 heteroatoms. The molecule has 1 fully saturated rings. The van der Waals surface area contributed by atoms with E-state index in [0.717, 1.165) is 19.1 Å². The quantitative estimate of drug-likeness (QED) is 0.777. The molecular formula is C16H24N2. The molecule has 1 saturated carbocycles. The second-order valence-electron chi connectivity index (χ2n) is 5.72. The Hall–Kier alpha value is -0.860. The van der Waals surface area contributed by atoms with Crippen LogP contribution in [0.5, 0.6) is 0 Å². The Morgan fingerprint density at radius 1 is 1.22 bits per heavy atom. The third kappa shape index (κ3) is 2.93. The van der Waals surface area contributed by atoms with Crippen molar-refractivity contribution >= 4 is 0 Å². The maximum Gasteiger partial charge on any atom is 0.0208 e. The zero-order valence-corrected chi connectivity index (χ0v) is 11.2. The SMILES string of the molecule is c1cc2c(cc1CCCNC1CCC1)CCNC2. The van der Waals surface area contributed by atoms with E-state index in [1.54, 1.807) is 5.56 Å². The second-order valence-corrected chi connectivity index (χ2v) is 5.72. The molecule has 0 amide bonds. The van der Waals surface area contributed by atoms with Gasteiger partial charge in [-0.25, -0.2) is 0 Å². The van der Waals surface area contributed by atoms with E-state index in [1.165, 1.54) is 56.2 Å². The Labute approximate surface area is 110 Å². The van der Waals surface area contributed by atoms with Gasteiger partial charge in [0, 0.05) is 12.6 Å². The summed E-state index contributed by atoms with van der Waals surface area (Å²) in [4.78, 5) is 0. The second kappa shape index (κ2) is 5.85. The van der Waals surface area contributed by atoms with Gasteiger partial charge in [0.1, 0.15) is 0 Å². The molecule has 1 aromatic carbocycles. The van der Waals surface area contributed by atoms with Crippen molar-refractivity contribution in [3.63, 3.8) is 0 Å². The van der Waals surface area contributed by atoms with Crippen LogP contribution in [0.15, 0.2) is 18.2 Å². The van der Waals surface area contributed by atoms with Crippen LogP contribution in [0.4, 0.5) is 0 Å². The molecule has 1 aromatic rings. The van der Waals surface area contributed by atoms with Gasteiger partial charge in [-0.1, -0.05) is 24.6 Å². The summed E-state index contributed by atoms with van der Waals surface area (Å²) in [6.45, 7) is 3.38. The van der Waals surface area contributed by atoms with Crippen molar-refractivity contribution in [2.45, 2.75) is 51.1 Å². The van der Waals surface area contributed by atoms with Gasteiger partial charge in [0.15, 0.2) is 0 Å². The summed E-state index contributed by atoms with van der Waals surface area (Å²) in [5.41, 5.74) is 4.59. The largest absolute Gasteiger partial charge is 0.314 e. The molecule has 18 heavy (non-hydrogen) atoms. The predicted molar refractivity (Wildman–Crippen MR) is 75.8 cm³/mol. The first kappa shape index (κ1) is 12.2. The Kier molecular flexibility index (Phi) is 3.96. The fourth-order valence-electron chi connectivity index (χ4n) is 2.90. The van der Waals surface area contributed by atoms with Crippen molar-refractivity contribution in [1.29, 1.82) is 0 Å². The van der Waals surface area contributed by atoms with Gasteiger partial charge < -0.3 is 10.6 Å². The molecule has 2 nitrogen and oxygen atoms in total. The minimum atomic E-state index is 0.833. The number of hydrogen-bond donors (Lipinski definition) is 2. The van der Waals surface area contributed by atoms with Crippen LogP contribution in [0.3, 0.4) is 0 Å². The van der Waals surface area contributed by atoms with Crippen molar-refractivity contribution in [1.82, 2.24) is 10.6 Å². The molecule has 3 rings (SSSR count). The Bertz CT molecular complexity index is 396. The average Bonchev–Trinajstić information content (AvgIpc) is 2.36. The summed E-state index contributed by atoms with van der Waals surface area (Å²) in [5.74, 6) is 0. The predicted octanol–water partition coefficient (Wildman–Crippen LogP) is 2.41. The summed E-state index contributed by atoms with van der Waals surface area (Å²) < 4.78 is 0. The molecule has 0 radical (unpaired) electrons. The van der Waals surface area contributed by atoms with Crippen molar-refractivity contribution in [3.8, 4) is 0 Å².